The molecule has 1 saturated carbocycles. The van der Waals surface area contributed by atoms with Gasteiger partial charge in [0.1, 0.15) is 7.14 Å². The number of hydrogen-bond acceptors (Lipinski definition) is 3. The Balaban J connectivity index is 2.39. The van der Waals surface area contributed by atoms with Crippen molar-refractivity contribution < 1.29 is 4.57 Å². The van der Waals surface area contributed by atoms with Crippen molar-refractivity contribution in [2.24, 2.45) is 0 Å². The maximum Gasteiger partial charge on any atom is 0.274 e. The topological polar surface area (TPSA) is 52.0 Å². The van der Waals surface area contributed by atoms with Crippen LogP contribution in [0, 0.1) is 0 Å². The van der Waals surface area contributed by atoms with Gasteiger partial charge in [-0.15, -0.1) is 0 Å². The summed E-state index contributed by atoms with van der Waals surface area (Å²) in [6.07, 6.45) is 3.78. The van der Waals surface area contributed by atoms with Gasteiger partial charge in [0.15, 0.2) is 0 Å². The second-order valence-corrected chi connectivity index (χ2v) is 9.74. The molecule has 1 aliphatic rings. The van der Waals surface area contributed by atoms with E-state index in [4.69, 9.17) is 0 Å². The first-order valence-electron chi connectivity index (χ1n) is 7.40. The molecule has 1 aromatic heterocycles. The van der Waals surface area contributed by atoms with E-state index in [1.54, 1.807) is 24.2 Å². The molecule has 0 amide bonds. The van der Waals surface area contributed by atoms with Crippen molar-refractivity contribution in [2.75, 3.05) is 13.3 Å². The summed E-state index contributed by atoms with van der Waals surface area (Å²) in [5.74, 6) is 0.267. The van der Waals surface area contributed by atoms with E-state index in [9.17, 15) is 9.36 Å². The highest BCUT2D eigenvalue weighted by molar-refractivity contribution is 7.70. The smallest absolute Gasteiger partial charge is 0.274 e. The van der Waals surface area contributed by atoms with E-state index >= 15 is 0 Å². The quantitative estimate of drug-likeness (QED) is 0.819. The average Bonchev–Trinajstić information content (AvgIpc) is 3.21. The van der Waals surface area contributed by atoms with Crippen molar-refractivity contribution in [3.05, 3.63) is 34.2 Å². The first-order chi connectivity index (χ1) is 9.80. The van der Waals surface area contributed by atoms with Crippen LogP contribution in [0.25, 0.3) is 10.8 Å². The molecule has 1 heterocycles. The predicted octanol–water partition coefficient (Wildman–Crippen LogP) is 3.10. The minimum atomic E-state index is -2.49. The Kier molecular flexibility index (Phi) is 3.32. The number of rotatable bonds is 3. The van der Waals surface area contributed by atoms with Crippen molar-refractivity contribution in [2.45, 2.75) is 38.6 Å². The standard InChI is InChI=1S/C16H21N2O2P/c1-10(2)12-7-8-13-14(15(12)21(3,4)20)9-17-18(16(13)19)11-5-6-11/h7-11H,5-6H2,1-4H3. The molecule has 1 fully saturated rings. The van der Waals surface area contributed by atoms with Gasteiger partial charge >= 0.3 is 0 Å². The fourth-order valence-electron chi connectivity index (χ4n) is 2.88. The van der Waals surface area contributed by atoms with Crippen LogP contribution in [-0.2, 0) is 4.57 Å². The Morgan fingerprint density at radius 3 is 2.43 bits per heavy atom. The van der Waals surface area contributed by atoms with Crippen LogP contribution >= 0.6 is 7.14 Å². The molecule has 0 radical (unpaired) electrons. The maximum absolute atomic E-state index is 12.8. The van der Waals surface area contributed by atoms with Gasteiger partial charge in [0, 0.05) is 10.7 Å². The predicted molar refractivity (Wildman–Crippen MR) is 87.5 cm³/mol. The lowest BCUT2D eigenvalue weighted by Crippen LogP contribution is -2.24. The van der Waals surface area contributed by atoms with E-state index in [2.05, 4.69) is 18.9 Å². The SMILES string of the molecule is CC(C)c1ccc2c(=O)n(C3CC3)ncc2c1P(C)(C)=O. The number of hydrogen-bond donors (Lipinski definition) is 0. The molecule has 0 aliphatic heterocycles. The third-order valence-corrected chi connectivity index (χ3v) is 5.63. The first kappa shape index (κ1) is 14.5. The van der Waals surface area contributed by atoms with Gasteiger partial charge < -0.3 is 4.57 Å². The Morgan fingerprint density at radius 2 is 1.90 bits per heavy atom. The van der Waals surface area contributed by atoms with Gasteiger partial charge in [-0.25, -0.2) is 4.68 Å². The summed E-state index contributed by atoms with van der Waals surface area (Å²) in [4.78, 5) is 12.6. The van der Waals surface area contributed by atoms with Crippen LogP contribution in [0.3, 0.4) is 0 Å². The summed E-state index contributed by atoms with van der Waals surface area (Å²) in [5, 5.41) is 6.55. The molecule has 0 unspecified atom stereocenters. The van der Waals surface area contributed by atoms with Crippen LogP contribution in [0.2, 0.25) is 0 Å². The molecule has 21 heavy (non-hydrogen) atoms. The highest BCUT2D eigenvalue weighted by atomic mass is 31.2. The van der Waals surface area contributed by atoms with E-state index in [1.807, 2.05) is 12.1 Å². The molecule has 3 rings (SSSR count). The Morgan fingerprint density at radius 1 is 1.24 bits per heavy atom. The molecular weight excluding hydrogens is 283 g/mol. The van der Waals surface area contributed by atoms with Crippen LogP contribution in [0.5, 0.6) is 0 Å². The summed E-state index contributed by atoms with van der Waals surface area (Å²) >= 11 is 0. The van der Waals surface area contributed by atoms with E-state index in [1.165, 1.54) is 0 Å². The van der Waals surface area contributed by atoms with E-state index < -0.39 is 7.14 Å². The van der Waals surface area contributed by atoms with Crippen molar-refractivity contribution >= 4 is 23.2 Å². The largest absolute Gasteiger partial charge is 0.319 e. The summed E-state index contributed by atoms with van der Waals surface area (Å²) in [5.41, 5.74) is 1.00. The fraction of sp³-hybridized carbons (Fsp3) is 0.500. The number of fused-ring (bicyclic) bond motifs is 1. The molecule has 112 valence electrons. The van der Waals surface area contributed by atoms with Gasteiger partial charge in [-0.3, -0.25) is 4.79 Å². The first-order valence-corrected chi connectivity index (χ1v) is 10.0. The van der Waals surface area contributed by atoms with Crippen LogP contribution in [0.15, 0.2) is 23.1 Å². The third-order valence-electron chi connectivity index (χ3n) is 4.05. The van der Waals surface area contributed by atoms with Gasteiger partial charge in [-0.2, -0.15) is 5.10 Å². The second kappa shape index (κ2) is 4.81. The molecular formula is C16H21N2O2P. The molecule has 0 saturated heterocycles. The molecule has 4 nitrogen and oxygen atoms in total. The van der Waals surface area contributed by atoms with E-state index in [0.717, 1.165) is 29.1 Å². The number of aromatic nitrogens is 2. The lowest BCUT2D eigenvalue weighted by molar-refractivity contribution is 0.588. The summed E-state index contributed by atoms with van der Waals surface area (Å²) in [6.45, 7) is 7.69. The third kappa shape index (κ3) is 2.46. The van der Waals surface area contributed by atoms with Gasteiger partial charge in [-0.1, -0.05) is 19.9 Å². The minimum absolute atomic E-state index is 0.0555. The van der Waals surface area contributed by atoms with E-state index in [-0.39, 0.29) is 17.5 Å². The Hall–Kier alpha value is -1.41. The number of nitrogens with zero attached hydrogens (tertiary/aromatic N) is 2. The van der Waals surface area contributed by atoms with Crippen LogP contribution in [0.4, 0.5) is 0 Å². The van der Waals surface area contributed by atoms with Gasteiger partial charge in [0.05, 0.1) is 17.6 Å². The van der Waals surface area contributed by atoms with Crippen molar-refractivity contribution in [3.63, 3.8) is 0 Å². The second-order valence-electron chi connectivity index (χ2n) is 6.60. The fourth-order valence-corrected chi connectivity index (χ4v) is 4.60. The van der Waals surface area contributed by atoms with Crippen LogP contribution in [0.1, 0.15) is 44.2 Å². The number of benzene rings is 1. The summed E-state index contributed by atoms with van der Waals surface area (Å²) in [7, 11) is -2.49. The van der Waals surface area contributed by atoms with Crippen molar-refractivity contribution in [1.82, 2.24) is 9.78 Å². The Labute approximate surface area is 124 Å². The zero-order valence-corrected chi connectivity index (χ0v) is 13.9. The van der Waals surface area contributed by atoms with Gasteiger partial charge in [0.2, 0.25) is 0 Å². The molecule has 0 N–H and O–H groups in total. The van der Waals surface area contributed by atoms with Crippen LogP contribution in [-0.4, -0.2) is 23.1 Å². The maximum atomic E-state index is 12.8. The molecule has 0 atom stereocenters. The van der Waals surface area contributed by atoms with Gasteiger partial charge in [0.25, 0.3) is 5.56 Å². The lowest BCUT2D eigenvalue weighted by Gasteiger charge is -2.19. The molecule has 0 spiro atoms. The highest BCUT2D eigenvalue weighted by Crippen LogP contribution is 2.40. The van der Waals surface area contributed by atoms with E-state index in [0.29, 0.717) is 5.39 Å². The summed E-state index contributed by atoms with van der Waals surface area (Å²) in [6, 6.07) is 4.08. The monoisotopic (exact) mass is 304 g/mol. The van der Waals surface area contributed by atoms with Crippen molar-refractivity contribution in [1.29, 1.82) is 0 Å². The molecule has 2 aromatic rings. The molecule has 0 bridgehead atoms. The van der Waals surface area contributed by atoms with Crippen LogP contribution < -0.4 is 10.9 Å². The molecule has 5 heteroatoms. The van der Waals surface area contributed by atoms with Gasteiger partial charge in [-0.05, 0) is 43.7 Å². The summed E-state index contributed by atoms with van der Waals surface area (Å²) < 4.78 is 14.3. The Bertz CT molecular complexity index is 813. The molecule has 1 aromatic carbocycles. The minimum Gasteiger partial charge on any atom is -0.319 e. The molecule has 1 aliphatic carbocycles. The zero-order valence-electron chi connectivity index (χ0n) is 13.0. The zero-order chi connectivity index (χ0) is 15.4. The average molecular weight is 304 g/mol. The lowest BCUT2D eigenvalue weighted by atomic mass is 10.0. The normalized spacial score (nSPS) is 15.9. The highest BCUT2D eigenvalue weighted by Gasteiger charge is 2.28. The van der Waals surface area contributed by atoms with Crippen molar-refractivity contribution in [3.8, 4) is 0 Å².